The highest BCUT2D eigenvalue weighted by atomic mass is 35.5. The summed E-state index contributed by atoms with van der Waals surface area (Å²) in [6, 6.07) is 7.20. The van der Waals surface area contributed by atoms with Gasteiger partial charge in [0.25, 0.3) is 0 Å². The molecule has 0 radical (unpaired) electrons. The first-order chi connectivity index (χ1) is 11.4. The molecule has 2 N–H and O–H groups in total. The van der Waals surface area contributed by atoms with Crippen molar-refractivity contribution >= 4 is 29.1 Å². The van der Waals surface area contributed by atoms with Gasteiger partial charge in [0.05, 0.1) is 13.1 Å². The second kappa shape index (κ2) is 9.04. The Balaban J connectivity index is 1.73. The molecule has 1 fully saturated rings. The van der Waals surface area contributed by atoms with Crippen molar-refractivity contribution in [3.05, 3.63) is 29.3 Å². The molecule has 24 heavy (non-hydrogen) atoms. The van der Waals surface area contributed by atoms with Gasteiger partial charge in [-0.25, -0.2) is 0 Å². The average Bonchev–Trinajstić information content (AvgIpc) is 2.51. The third kappa shape index (κ3) is 6.13. The first kappa shape index (κ1) is 18.7. The van der Waals surface area contributed by atoms with Gasteiger partial charge >= 0.3 is 0 Å². The van der Waals surface area contributed by atoms with Gasteiger partial charge in [0.2, 0.25) is 11.8 Å². The van der Waals surface area contributed by atoms with Crippen molar-refractivity contribution in [2.45, 2.75) is 38.6 Å². The maximum absolute atomic E-state index is 12.1. The summed E-state index contributed by atoms with van der Waals surface area (Å²) in [4.78, 5) is 25.9. The first-order valence-electron chi connectivity index (χ1n) is 8.47. The van der Waals surface area contributed by atoms with E-state index >= 15 is 0 Å². The molecule has 1 aliphatic carbocycles. The lowest BCUT2D eigenvalue weighted by molar-refractivity contribution is -0.124. The minimum absolute atomic E-state index is 0.0180. The zero-order valence-electron chi connectivity index (χ0n) is 14.3. The van der Waals surface area contributed by atoms with Crippen LogP contribution < -0.4 is 10.6 Å². The maximum Gasteiger partial charge on any atom is 0.238 e. The lowest BCUT2D eigenvalue weighted by atomic mass is 9.86. The van der Waals surface area contributed by atoms with Crippen LogP contribution in [0.4, 0.5) is 5.69 Å². The summed E-state index contributed by atoms with van der Waals surface area (Å²) in [6.45, 7) is 2.57. The van der Waals surface area contributed by atoms with E-state index in [9.17, 15) is 9.59 Å². The predicted octanol–water partition coefficient (Wildman–Crippen LogP) is 2.91. The van der Waals surface area contributed by atoms with Crippen LogP contribution in [0.3, 0.4) is 0 Å². The van der Waals surface area contributed by atoms with Crippen LogP contribution in [-0.2, 0) is 9.59 Å². The molecule has 1 aromatic carbocycles. The van der Waals surface area contributed by atoms with Gasteiger partial charge in [-0.05, 0) is 50.1 Å². The van der Waals surface area contributed by atoms with E-state index in [4.69, 9.17) is 11.6 Å². The summed E-state index contributed by atoms with van der Waals surface area (Å²) in [6.07, 6.45) is 4.64. The molecule has 0 saturated heterocycles. The highest BCUT2D eigenvalue weighted by Gasteiger charge is 2.23. The minimum atomic E-state index is -0.154. The van der Waals surface area contributed by atoms with E-state index in [1.54, 1.807) is 36.2 Å². The summed E-state index contributed by atoms with van der Waals surface area (Å²) >= 11 is 5.81. The molecule has 0 bridgehead atoms. The number of nitrogens with one attached hydrogen (secondary N) is 2. The van der Waals surface area contributed by atoms with Gasteiger partial charge in [0, 0.05) is 16.8 Å². The summed E-state index contributed by atoms with van der Waals surface area (Å²) in [5.41, 5.74) is 0.693. The second-order valence-corrected chi connectivity index (χ2v) is 7.10. The van der Waals surface area contributed by atoms with E-state index in [-0.39, 0.29) is 30.9 Å². The molecule has 1 saturated carbocycles. The Morgan fingerprint density at radius 1 is 1.12 bits per heavy atom. The first-order valence-corrected chi connectivity index (χ1v) is 8.85. The van der Waals surface area contributed by atoms with Gasteiger partial charge in [-0.2, -0.15) is 0 Å². The number of carbonyl (C=O) groups is 2. The van der Waals surface area contributed by atoms with Crippen LogP contribution in [0.15, 0.2) is 24.3 Å². The number of benzene rings is 1. The van der Waals surface area contributed by atoms with E-state index in [0.29, 0.717) is 16.6 Å². The van der Waals surface area contributed by atoms with Crippen molar-refractivity contribution in [2.75, 3.05) is 25.5 Å². The lowest BCUT2D eigenvalue weighted by Crippen LogP contribution is -2.46. The third-order valence-electron chi connectivity index (χ3n) is 4.41. The third-order valence-corrected chi connectivity index (χ3v) is 4.66. The molecule has 5 nitrogen and oxygen atoms in total. The van der Waals surface area contributed by atoms with Gasteiger partial charge in [0.1, 0.15) is 0 Å². The van der Waals surface area contributed by atoms with E-state index in [1.807, 2.05) is 0 Å². The molecule has 132 valence electrons. The van der Waals surface area contributed by atoms with E-state index in [1.165, 1.54) is 19.3 Å². The van der Waals surface area contributed by atoms with Crippen LogP contribution in [0.25, 0.3) is 0 Å². The molecule has 0 spiro atoms. The summed E-state index contributed by atoms with van der Waals surface area (Å²) in [7, 11) is 1.77. The molecule has 2 amide bonds. The van der Waals surface area contributed by atoms with Crippen molar-refractivity contribution in [1.82, 2.24) is 10.2 Å². The Morgan fingerprint density at radius 2 is 1.75 bits per heavy atom. The summed E-state index contributed by atoms with van der Waals surface area (Å²) < 4.78 is 0. The Labute approximate surface area is 148 Å². The number of hydrogen-bond donors (Lipinski definition) is 2. The topological polar surface area (TPSA) is 61.4 Å². The Morgan fingerprint density at radius 3 is 2.42 bits per heavy atom. The number of amides is 2. The standard InChI is InChI=1S/C18H26ClN3O2/c1-13-5-3-4-6-16(13)21-18(24)12-22(2)11-17(23)20-15-9-7-14(19)8-10-15/h7-10,13,16H,3-6,11-12H2,1-2H3,(H,20,23)(H,21,24)/t13-,16+/m0/s1. The number of anilines is 1. The van der Waals surface area contributed by atoms with Crippen LogP contribution in [-0.4, -0.2) is 42.9 Å². The molecule has 6 heteroatoms. The normalized spacial score (nSPS) is 20.7. The van der Waals surface area contributed by atoms with Crippen molar-refractivity contribution in [3.63, 3.8) is 0 Å². The van der Waals surface area contributed by atoms with Crippen molar-refractivity contribution < 1.29 is 9.59 Å². The molecule has 0 unspecified atom stereocenters. The second-order valence-electron chi connectivity index (χ2n) is 6.66. The fraction of sp³-hybridized carbons (Fsp3) is 0.556. The van der Waals surface area contributed by atoms with Crippen LogP contribution in [0.2, 0.25) is 5.02 Å². The van der Waals surface area contributed by atoms with Crippen LogP contribution in [0.1, 0.15) is 32.6 Å². The van der Waals surface area contributed by atoms with E-state index < -0.39 is 0 Å². The largest absolute Gasteiger partial charge is 0.352 e. The number of hydrogen-bond acceptors (Lipinski definition) is 3. The van der Waals surface area contributed by atoms with Gasteiger partial charge in [-0.1, -0.05) is 31.4 Å². The maximum atomic E-state index is 12.1. The van der Waals surface area contributed by atoms with Gasteiger partial charge in [0.15, 0.2) is 0 Å². The molecule has 2 rings (SSSR count). The summed E-state index contributed by atoms with van der Waals surface area (Å²) in [5, 5.41) is 6.52. The fourth-order valence-corrected chi connectivity index (χ4v) is 3.19. The zero-order chi connectivity index (χ0) is 17.5. The number of halogens is 1. The summed E-state index contributed by atoms with van der Waals surface area (Å²) in [5.74, 6) is 0.357. The highest BCUT2D eigenvalue weighted by Crippen LogP contribution is 2.23. The van der Waals surface area contributed by atoms with Gasteiger partial charge < -0.3 is 10.6 Å². The molecule has 2 atom stereocenters. The zero-order valence-corrected chi connectivity index (χ0v) is 15.1. The number of carbonyl (C=O) groups excluding carboxylic acids is 2. The van der Waals surface area contributed by atoms with E-state index in [0.717, 1.165) is 6.42 Å². The van der Waals surface area contributed by atoms with Crippen LogP contribution in [0, 0.1) is 5.92 Å². The number of nitrogens with zero attached hydrogens (tertiary/aromatic N) is 1. The van der Waals surface area contributed by atoms with Crippen LogP contribution >= 0.6 is 11.6 Å². The molecule has 1 aromatic rings. The highest BCUT2D eigenvalue weighted by molar-refractivity contribution is 6.30. The molecule has 0 heterocycles. The predicted molar refractivity (Wildman–Crippen MR) is 97.1 cm³/mol. The quantitative estimate of drug-likeness (QED) is 0.828. The molecular formula is C18H26ClN3O2. The number of likely N-dealkylation sites (N-methyl/N-ethyl adjacent to an activating group) is 1. The Kier molecular flexibility index (Phi) is 7.06. The van der Waals surface area contributed by atoms with Crippen LogP contribution in [0.5, 0.6) is 0 Å². The van der Waals surface area contributed by atoms with Crippen molar-refractivity contribution in [1.29, 1.82) is 0 Å². The average molecular weight is 352 g/mol. The Hall–Kier alpha value is -1.59. The SMILES string of the molecule is C[C@H]1CCCC[C@H]1NC(=O)CN(C)CC(=O)Nc1ccc(Cl)cc1. The molecule has 0 aromatic heterocycles. The minimum Gasteiger partial charge on any atom is -0.352 e. The smallest absolute Gasteiger partial charge is 0.238 e. The van der Waals surface area contributed by atoms with Gasteiger partial charge in [-0.3, -0.25) is 14.5 Å². The lowest BCUT2D eigenvalue weighted by Gasteiger charge is -2.30. The van der Waals surface area contributed by atoms with Gasteiger partial charge in [-0.15, -0.1) is 0 Å². The molecule has 1 aliphatic rings. The monoisotopic (exact) mass is 351 g/mol. The Bertz CT molecular complexity index is 562. The fourth-order valence-electron chi connectivity index (χ4n) is 3.06. The molecular weight excluding hydrogens is 326 g/mol. The van der Waals surface area contributed by atoms with Crippen molar-refractivity contribution in [3.8, 4) is 0 Å². The van der Waals surface area contributed by atoms with Crippen molar-refractivity contribution in [2.24, 2.45) is 5.92 Å². The van der Waals surface area contributed by atoms with E-state index in [2.05, 4.69) is 17.6 Å². The number of rotatable bonds is 6. The molecule has 0 aliphatic heterocycles.